The van der Waals surface area contributed by atoms with E-state index < -0.39 is 12.1 Å². The molecule has 0 spiro atoms. The van der Waals surface area contributed by atoms with E-state index in [9.17, 15) is 4.79 Å². The minimum atomic E-state index is -1.24. The van der Waals surface area contributed by atoms with Crippen LogP contribution >= 0.6 is 12.6 Å². The van der Waals surface area contributed by atoms with Gasteiger partial charge >= 0.3 is 5.97 Å². The average Bonchev–Trinajstić information content (AvgIpc) is 1.67. The zero-order valence-corrected chi connectivity index (χ0v) is 5.14. The Balaban J connectivity index is 0. The molecular weight excluding hydrogens is 140 g/mol. The van der Waals surface area contributed by atoms with Crippen molar-refractivity contribution in [1.29, 1.82) is 0 Å². The number of thiol groups is 1. The molecular formula is C5H12O3S. The van der Waals surface area contributed by atoms with Gasteiger partial charge in [-0.3, -0.25) is 0 Å². The summed E-state index contributed by atoms with van der Waals surface area (Å²) in [5.41, 5.74) is 0. The van der Waals surface area contributed by atoms with Gasteiger partial charge in [0.25, 0.3) is 0 Å². The van der Waals surface area contributed by atoms with Crippen LogP contribution in [0.25, 0.3) is 0 Å². The minimum absolute atomic E-state index is 0. The maximum atomic E-state index is 9.81. The molecule has 0 heterocycles. The lowest BCUT2D eigenvalue weighted by molar-refractivity contribution is -0.146. The monoisotopic (exact) mass is 152 g/mol. The number of rotatable bonds is 3. The molecule has 0 fully saturated rings. The molecule has 0 rings (SSSR count). The number of hydrogen-bond donors (Lipinski definition) is 3. The first kappa shape index (κ1) is 11.6. The number of aliphatic carboxylic acids is 1. The highest BCUT2D eigenvalue weighted by Crippen LogP contribution is 1.91. The van der Waals surface area contributed by atoms with Gasteiger partial charge in [-0.25, -0.2) is 4.79 Å². The molecule has 0 aliphatic heterocycles. The average molecular weight is 152 g/mol. The number of hydrogen-bond acceptors (Lipinski definition) is 3. The van der Waals surface area contributed by atoms with Crippen molar-refractivity contribution in [3.05, 3.63) is 0 Å². The van der Waals surface area contributed by atoms with Gasteiger partial charge < -0.3 is 10.2 Å². The van der Waals surface area contributed by atoms with Gasteiger partial charge in [-0.1, -0.05) is 7.43 Å². The second-order valence-corrected chi connectivity index (χ2v) is 1.81. The molecule has 9 heavy (non-hydrogen) atoms. The van der Waals surface area contributed by atoms with E-state index >= 15 is 0 Å². The van der Waals surface area contributed by atoms with Crippen LogP contribution in [0.1, 0.15) is 13.8 Å². The Kier molecular flexibility index (Phi) is 7.59. The Morgan fingerprint density at radius 1 is 1.67 bits per heavy atom. The number of aliphatic hydroxyl groups excluding tert-OH is 1. The lowest BCUT2D eigenvalue weighted by Crippen LogP contribution is -2.19. The van der Waals surface area contributed by atoms with Gasteiger partial charge in [-0.15, -0.1) is 0 Å². The topological polar surface area (TPSA) is 57.5 Å². The van der Waals surface area contributed by atoms with Crippen molar-refractivity contribution in [3.8, 4) is 0 Å². The van der Waals surface area contributed by atoms with Crippen molar-refractivity contribution in [1.82, 2.24) is 0 Å². The Hall–Kier alpha value is -0.220. The zero-order valence-electron chi connectivity index (χ0n) is 4.24. The second kappa shape index (κ2) is 5.91. The normalized spacial score (nSPS) is 11.8. The lowest BCUT2D eigenvalue weighted by Gasteiger charge is -1.99. The molecule has 0 aliphatic carbocycles. The quantitative estimate of drug-likeness (QED) is 0.513. The Morgan fingerprint density at radius 2 is 2.11 bits per heavy atom. The second-order valence-electron chi connectivity index (χ2n) is 1.37. The highest BCUT2D eigenvalue weighted by atomic mass is 32.1. The fourth-order valence-electron chi connectivity index (χ4n) is 0.246. The van der Waals surface area contributed by atoms with Gasteiger partial charge in [0.1, 0.15) is 0 Å². The van der Waals surface area contributed by atoms with Crippen molar-refractivity contribution in [2.24, 2.45) is 0 Å². The maximum Gasteiger partial charge on any atom is 0.332 e. The smallest absolute Gasteiger partial charge is 0.332 e. The summed E-state index contributed by atoms with van der Waals surface area (Å²) >= 11 is 3.73. The molecule has 56 valence electrons. The zero-order chi connectivity index (χ0) is 6.57. The van der Waals surface area contributed by atoms with E-state index in [0.717, 1.165) is 0 Å². The fraction of sp³-hybridized carbons (Fsp3) is 0.800. The van der Waals surface area contributed by atoms with Crippen molar-refractivity contribution < 1.29 is 15.0 Å². The van der Waals surface area contributed by atoms with Gasteiger partial charge in [0.15, 0.2) is 6.10 Å². The highest BCUT2D eigenvalue weighted by Gasteiger charge is 2.09. The van der Waals surface area contributed by atoms with Crippen LogP contribution in [0, 0.1) is 0 Å². The summed E-state index contributed by atoms with van der Waals surface area (Å²) in [4.78, 5) is 9.81. The van der Waals surface area contributed by atoms with E-state index in [-0.39, 0.29) is 13.8 Å². The molecule has 0 amide bonds. The first-order chi connectivity index (χ1) is 3.68. The number of carboxylic acids is 1. The summed E-state index contributed by atoms with van der Waals surface area (Å²) in [6, 6.07) is 0. The molecule has 1 unspecified atom stereocenters. The molecule has 0 saturated carbocycles. The summed E-state index contributed by atoms with van der Waals surface area (Å²) in [5.74, 6) is -0.785. The largest absolute Gasteiger partial charge is 0.479 e. The van der Waals surface area contributed by atoms with Crippen LogP contribution in [0.2, 0.25) is 0 Å². The minimum Gasteiger partial charge on any atom is -0.479 e. The van der Waals surface area contributed by atoms with Gasteiger partial charge in [-0.2, -0.15) is 12.6 Å². The predicted octanol–water partition coefficient (Wildman–Crippen LogP) is 0.388. The highest BCUT2D eigenvalue weighted by molar-refractivity contribution is 7.80. The third-order valence-corrected chi connectivity index (χ3v) is 0.946. The molecule has 1 atom stereocenters. The molecule has 4 heteroatoms. The molecule has 0 radical (unpaired) electrons. The van der Waals surface area contributed by atoms with Crippen LogP contribution < -0.4 is 0 Å². The van der Waals surface area contributed by atoms with E-state index in [2.05, 4.69) is 12.6 Å². The number of aliphatic hydroxyl groups is 1. The van der Waals surface area contributed by atoms with Gasteiger partial charge in [-0.05, 0) is 12.2 Å². The molecule has 0 saturated heterocycles. The summed E-state index contributed by atoms with van der Waals surface area (Å²) in [5, 5.41) is 16.5. The van der Waals surface area contributed by atoms with Crippen molar-refractivity contribution in [2.45, 2.75) is 20.0 Å². The SMILES string of the molecule is C.O=C(O)C(O)CCS. The molecule has 0 aliphatic rings. The van der Waals surface area contributed by atoms with Crippen LogP contribution in [-0.2, 0) is 4.79 Å². The number of carbonyl (C=O) groups is 1. The van der Waals surface area contributed by atoms with E-state index in [0.29, 0.717) is 5.75 Å². The van der Waals surface area contributed by atoms with Crippen LogP contribution in [0.4, 0.5) is 0 Å². The van der Waals surface area contributed by atoms with E-state index in [1.165, 1.54) is 0 Å². The van der Waals surface area contributed by atoms with E-state index in [4.69, 9.17) is 10.2 Å². The summed E-state index contributed by atoms with van der Waals surface area (Å²) < 4.78 is 0. The first-order valence-electron chi connectivity index (χ1n) is 2.20. The standard InChI is InChI=1S/C4H8O3S.CH4/c5-3(1-2-8)4(6)7;/h3,5,8H,1-2H2,(H,6,7);1H4. The summed E-state index contributed by atoms with van der Waals surface area (Å²) in [7, 11) is 0. The van der Waals surface area contributed by atoms with Crippen LogP contribution in [0.5, 0.6) is 0 Å². The molecule has 3 nitrogen and oxygen atoms in total. The van der Waals surface area contributed by atoms with Gasteiger partial charge in [0.05, 0.1) is 0 Å². The maximum absolute atomic E-state index is 9.81. The molecule has 0 bridgehead atoms. The molecule has 0 aromatic carbocycles. The van der Waals surface area contributed by atoms with E-state index in [1.54, 1.807) is 0 Å². The Labute approximate surface area is 60.1 Å². The first-order valence-corrected chi connectivity index (χ1v) is 2.83. The third kappa shape index (κ3) is 5.65. The molecule has 0 aromatic heterocycles. The summed E-state index contributed by atoms with van der Waals surface area (Å²) in [6.07, 6.45) is -1.04. The molecule has 2 N–H and O–H groups in total. The summed E-state index contributed by atoms with van der Waals surface area (Å²) in [6.45, 7) is 0. The predicted molar refractivity (Wildman–Crippen MR) is 38.8 cm³/mol. The van der Waals surface area contributed by atoms with Crippen molar-refractivity contribution in [2.75, 3.05) is 5.75 Å². The van der Waals surface area contributed by atoms with Crippen LogP contribution in [0.15, 0.2) is 0 Å². The van der Waals surface area contributed by atoms with Crippen LogP contribution in [0.3, 0.4) is 0 Å². The van der Waals surface area contributed by atoms with E-state index in [1.807, 2.05) is 0 Å². The molecule has 0 aromatic rings. The lowest BCUT2D eigenvalue weighted by atomic mass is 10.3. The Bertz CT molecular complexity index is 84.3. The van der Waals surface area contributed by atoms with Gasteiger partial charge in [0.2, 0.25) is 0 Å². The van der Waals surface area contributed by atoms with Crippen molar-refractivity contribution >= 4 is 18.6 Å². The van der Waals surface area contributed by atoms with Crippen molar-refractivity contribution in [3.63, 3.8) is 0 Å². The van der Waals surface area contributed by atoms with Gasteiger partial charge in [0, 0.05) is 0 Å². The Morgan fingerprint density at radius 3 is 2.22 bits per heavy atom. The van der Waals surface area contributed by atoms with Crippen LogP contribution in [-0.4, -0.2) is 28.0 Å². The number of carboxylic acid groups (broad SMARTS) is 1. The fourth-order valence-corrected chi connectivity index (χ4v) is 0.490. The third-order valence-electron chi connectivity index (χ3n) is 0.688.